The van der Waals surface area contributed by atoms with E-state index in [0.717, 1.165) is 24.1 Å². The second kappa shape index (κ2) is 9.72. The van der Waals surface area contributed by atoms with Crippen molar-refractivity contribution in [1.82, 2.24) is 14.7 Å². The highest BCUT2D eigenvalue weighted by molar-refractivity contribution is 7.10. The summed E-state index contributed by atoms with van der Waals surface area (Å²) in [5.41, 5.74) is 1.41. The zero-order valence-electron chi connectivity index (χ0n) is 19.4. The van der Waals surface area contributed by atoms with Crippen LogP contribution in [0.3, 0.4) is 0 Å². The SMILES string of the molecule is C[C@H]1CN(C(=O)CN2CCc3sccc3[C@H]2c2cccc(F)c2)CCN1C(=O)C(C)(C)CCl. The van der Waals surface area contributed by atoms with Gasteiger partial charge in [0.1, 0.15) is 5.82 Å². The summed E-state index contributed by atoms with van der Waals surface area (Å²) in [5, 5.41) is 2.07. The summed E-state index contributed by atoms with van der Waals surface area (Å²) in [6, 6.07) is 8.57. The van der Waals surface area contributed by atoms with E-state index >= 15 is 0 Å². The molecule has 2 atom stereocenters. The molecule has 4 rings (SSSR count). The van der Waals surface area contributed by atoms with Gasteiger partial charge in [-0.15, -0.1) is 22.9 Å². The van der Waals surface area contributed by atoms with Gasteiger partial charge in [0, 0.05) is 43.0 Å². The van der Waals surface area contributed by atoms with E-state index in [1.165, 1.54) is 10.9 Å². The molecular weight excluding hydrogens is 461 g/mol. The Hall–Kier alpha value is -1.96. The van der Waals surface area contributed by atoms with Crippen molar-refractivity contribution in [3.63, 3.8) is 0 Å². The number of rotatable bonds is 5. The number of thiophene rings is 1. The maximum Gasteiger partial charge on any atom is 0.236 e. The number of fused-ring (bicyclic) bond motifs is 1. The van der Waals surface area contributed by atoms with E-state index in [1.807, 2.05) is 36.6 Å². The lowest BCUT2D eigenvalue weighted by atomic mass is 9.92. The Bertz CT molecular complexity index is 1030. The number of hydrogen-bond donors (Lipinski definition) is 0. The Kier molecular flexibility index (Phi) is 7.12. The first-order valence-electron chi connectivity index (χ1n) is 11.4. The van der Waals surface area contributed by atoms with Gasteiger partial charge in [0.25, 0.3) is 0 Å². The lowest BCUT2D eigenvalue weighted by Crippen LogP contribution is -2.59. The highest BCUT2D eigenvalue weighted by Crippen LogP contribution is 2.38. The summed E-state index contributed by atoms with van der Waals surface area (Å²) in [5.74, 6) is 0.0733. The number of piperazine rings is 1. The summed E-state index contributed by atoms with van der Waals surface area (Å²) in [6.07, 6.45) is 0.887. The van der Waals surface area contributed by atoms with E-state index in [4.69, 9.17) is 11.6 Å². The predicted octanol–water partition coefficient (Wildman–Crippen LogP) is 4.16. The molecule has 2 aromatic rings. The lowest BCUT2D eigenvalue weighted by molar-refractivity contribution is -0.148. The fourth-order valence-corrected chi connectivity index (χ4v) is 5.83. The molecule has 1 fully saturated rings. The average Bonchev–Trinajstić information content (AvgIpc) is 3.27. The molecule has 178 valence electrons. The monoisotopic (exact) mass is 491 g/mol. The number of nitrogens with zero attached hydrogens (tertiary/aromatic N) is 3. The number of halogens is 2. The number of alkyl halides is 1. The van der Waals surface area contributed by atoms with Crippen molar-refractivity contribution in [1.29, 1.82) is 0 Å². The van der Waals surface area contributed by atoms with E-state index < -0.39 is 5.41 Å². The maximum absolute atomic E-state index is 14.0. The van der Waals surface area contributed by atoms with Crippen LogP contribution in [0.5, 0.6) is 0 Å². The standard InChI is InChI=1S/C25H31ClFN3O2S/c1-17-14-28(10-11-30(17)24(32)25(2,3)16-26)22(31)15-29-9-7-21-20(8-12-33-21)23(29)18-5-4-6-19(27)13-18/h4-6,8,12-13,17,23H,7,9-11,14-16H2,1-3H3/t17-,23+/m0/s1. The Morgan fingerprint density at radius 2 is 2.00 bits per heavy atom. The van der Waals surface area contributed by atoms with Crippen LogP contribution in [0.1, 0.15) is 42.8 Å². The number of carbonyl (C=O) groups is 2. The van der Waals surface area contributed by atoms with Gasteiger partial charge in [0.05, 0.1) is 18.0 Å². The van der Waals surface area contributed by atoms with Gasteiger partial charge >= 0.3 is 0 Å². The molecule has 1 aromatic carbocycles. The second-order valence-corrected chi connectivity index (χ2v) is 10.9. The highest BCUT2D eigenvalue weighted by Gasteiger charge is 2.38. The molecule has 0 bridgehead atoms. The molecule has 2 aliphatic rings. The van der Waals surface area contributed by atoms with Gasteiger partial charge in [-0.2, -0.15) is 0 Å². The van der Waals surface area contributed by atoms with Crippen LogP contribution in [0, 0.1) is 11.2 Å². The fraction of sp³-hybridized carbons (Fsp3) is 0.520. The van der Waals surface area contributed by atoms with Gasteiger partial charge in [0.2, 0.25) is 11.8 Å². The van der Waals surface area contributed by atoms with Crippen molar-refractivity contribution in [3.8, 4) is 0 Å². The zero-order chi connectivity index (χ0) is 23.8. The van der Waals surface area contributed by atoms with Crippen molar-refractivity contribution in [3.05, 3.63) is 57.5 Å². The van der Waals surface area contributed by atoms with Gasteiger partial charge in [0.15, 0.2) is 0 Å². The van der Waals surface area contributed by atoms with Crippen molar-refractivity contribution in [2.45, 2.75) is 39.3 Å². The molecule has 3 heterocycles. The normalized spacial score (nSPS) is 21.7. The van der Waals surface area contributed by atoms with E-state index in [2.05, 4.69) is 16.3 Å². The van der Waals surface area contributed by atoms with Crippen molar-refractivity contribution >= 4 is 34.8 Å². The van der Waals surface area contributed by atoms with Crippen molar-refractivity contribution in [2.75, 3.05) is 38.6 Å². The molecule has 5 nitrogen and oxygen atoms in total. The Labute approximate surface area is 204 Å². The molecule has 0 N–H and O–H groups in total. The van der Waals surface area contributed by atoms with Crippen LogP contribution in [0.25, 0.3) is 0 Å². The quantitative estimate of drug-likeness (QED) is 0.590. The third kappa shape index (κ3) is 4.96. The molecule has 0 unspecified atom stereocenters. The topological polar surface area (TPSA) is 43.9 Å². The fourth-order valence-electron chi connectivity index (χ4n) is 4.81. The van der Waals surface area contributed by atoms with Crippen LogP contribution in [-0.4, -0.2) is 71.2 Å². The number of hydrogen-bond acceptors (Lipinski definition) is 4. The van der Waals surface area contributed by atoms with Crippen molar-refractivity contribution in [2.24, 2.45) is 5.41 Å². The first kappa shape index (κ1) is 24.2. The minimum absolute atomic E-state index is 0.0317. The lowest BCUT2D eigenvalue weighted by Gasteiger charge is -2.43. The third-order valence-electron chi connectivity index (χ3n) is 6.72. The van der Waals surface area contributed by atoms with Crippen LogP contribution in [0.4, 0.5) is 4.39 Å². The Morgan fingerprint density at radius 1 is 1.21 bits per heavy atom. The van der Waals surface area contributed by atoms with Gasteiger partial charge in [-0.25, -0.2) is 4.39 Å². The maximum atomic E-state index is 14.0. The van der Waals surface area contributed by atoms with Gasteiger partial charge < -0.3 is 9.80 Å². The summed E-state index contributed by atoms with van der Waals surface area (Å²) in [4.78, 5) is 33.4. The average molecular weight is 492 g/mol. The number of benzene rings is 1. The smallest absolute Gasteiger partial charge is 0.236 e. The molecule has 0 radical (unpaired) electrons. The first-order valence-corrected chi connectivity index (χ1v) is 12.8. The largest absolute Gasteiger partial charge is 0.338 e. The summed E-state index contributed by atoms with van der Waals surface area (Å²) < 4.78 is 14.0. The van der Waals surface area contributed by atoms with Crippen LogP contribution in [0.15, 0.2) is 35.7 Å². The second-order valence-electron chi connectivity index (χ2n) is 9.68. The van der Waals surface area contributed by atoms with Crippen LogP contribution < -0.4 is 0 Å². The molecule has 33 heavy (non-hydrogen) atoms. The zero-order valence-corrected chi connectivity index (χ0v) is 21.0. The Morgan fingerprint density at radius 3 is 2.70 bits per heavy atom. The van der Waals surface area contributed by atoms with E-state index in [0.29, 0.717) is 19.6 Å². The number of carbonyl (C=O) groups excluding carboxylic acids is 2. The minimum Gasteiger partial charge on any atom is -0.338 e. The third-order valence-corrected chi connectivity index (χ3v) is 8.39. The Balaban J connectivity index is 1.47. The molecule has 0 saturated carbocycles. The predicted molar refractivity (Wildman–Crippen MR) is 130 cm³/mol. The first-order chi connectivity index (χ1) is 15.7. The van der Waals surface area contributed by atoms with Crippen LogP contribution in [0.2, 0.25) is 0 Å². The van der Waals surface area contributed by atoms with Gasteiger partial charge in [-0.05, 0) is 61.9 Å². The molecule has 1 aromatic heterocycles. The van der Waals surface area contributed by atoms with Gasteiger partial charge in [-0.3, -0.25) is 14.5 Å². The number of amides is 2. The van der Waals surface area contributed by atoms with Crippen LogP contribution >= 0.6 is 22.9 Å². The van der Waals surface area contributed by atoms with Crippen LogP contribution in [-0.2, 0) is 16.0 Å². The summed E-state index contributed by atoms with van der Waals surface area (Å²) in [7, 11) is 0. The minimum atomic E-state index is -0.619. The van der Waals surface area contributed by atoms with E-state index in [-0.39, 0.29) is 42.1 Å². The molecule has 0 spiro atoms. The molecule has 8 heteroatoms. The van der Waals surface area contributed by atoms with Crippen molar-refractivity contribution < 1.29 is 14.0 Å². The molecule has 1 saturated heterocycles. The molecular formula is C25H31ClFN3O2S. The van der Waals surface area contributed by atoms with Gasteiger partial charge in [-0.1, -0.05) is 12.1 Å². The summed E-state index contributed by atoms with van der Waals surface area (Å²) in [6.45, 7) is 8.23. The molecule has 2 aliphatic heterocycles. The molecule has 2 amide bonds. The summed E-state index contributed by atoms with van der Waals surface area (Å²) >= 11 is 7.73. The highest BCUT2D eigenvalue weighted by atomic mass is 35.5. The van der Waals surface area contributed by atoms with E-state index in [1.54, 1.807) is 23.5 Å². The van der Waals surface area contributed by atoms with E-state index in [9.17, 15) is 14.0 Å². The molecule has 0 aliphatic carbocycles.